The minimum atomic E-state index is 0.0274. The molecule has 0 saturated heterocycles. The summed E-state index contributed by atoms with van der Waals surface area (Å²) in [6.45, 7) is 6.80. The molecule has 0 heterocycles. The number of carbonyl (C=O) groups excluding carboxylic acids is 1. The van der Waals surface area contributed by atoms with Crippen molar-refractivity contribution in [3.05, 3.63) is 0 Å². The fourth-order valence-corrected chi connectivity index (χ4v) is 1.74. The van der Waals surface area contributed by atoms with Crippen LogP contribution in [0.4, 0.5) is 0 Å². The lowest BCUT2D eigenvalue weighted by atomic mass is 9.89. The van der Waals surface area contributed by atoms with E-state index in [1.54, 1.807) is 0 Å². The van der Waals surface area contributed by atoms with Gasteiger partial charge in [0.15, 0.2) is 0 Å². The predicted molar refractivity (Wildman–Crippen MR) is 57.0 cm³/mol. The predicted octanol–water partition coefficient (Wildman–Crippen LogP) is 3.16. The largest absolute Gasteiger partial charge is 0.465 e. The van der Waals surface area contributed by atoms with Gasteiger partial charge in [-0.05, 0) is 18.3 Å². The van der Waals surface area contributed by atoms with Gasteiger partial charge in [0, 0.05) is 0 Å². The lowest BCUT2D eigenvalue weighted by Crippen LogP contribution is -2.25. The van der Waals surface area contributed by atoms with Crippen molar-refractivity contribution < 1.29 is 9.53 Å². The van der Waals surface area contributed by atoms with Gasteiger partial charge in [-0.1, -0.05) is 40.0 Å². The van der Waals surface area contributed by atoms with Crippen molar-refractivity contribution in [1.82, 2.24) is 0 Å². The van der Waals surface area contributed by atoms with Crippen LogP contribution in [0.1, 0.15) is 52.9 Å². The third-order valence-electron chi connectivity index (χ3n) is 2.59. The number of ether oxygens (including phenoxy) is 1. The van der Waals surface area contributed by atoms with Crippen LogP contribution in [0.25, 0.3) is 0 Å². The van der Waals surface area contributed by atoms with Crippen molar-refractivity contribution in [2.75, 3.05) is 6.61 Å². The van der Waals surface area contributed by atoms with E-state index in [1.807, 2.05) is 0 Å². The van der Waals surface area contributed by atoms with E-state index in [9.17, 15) is 4.79 Å². The molecular formula is C12H22O2. The van der Waals surface area contributed by atoms with Crippen LogP contribution in [0, 0.1) is 11.3 Å². The quantitative estimate of drug-likeness (QED) is 0.637. The van der Waals surface area contributed by atoms with E-state index in [-0.39, 0.29) is 17.3 Å². The van der Waals surface area contributed by atoms with Gasteiger partial charge in [-0.2, -0.15) is 0 Å². The van der Waals surface area contributed by atoms with Crippen molar-refractivity contribution in [1.29, 1.82) is 0 Å². The Morgan fingerprint density at radius 2 is 1.79 bits per heavy atom. The molecule has 2 heteroatoms. The summed E-state index contributed by atoms with van der Waals surface area (Å²) in [5, 5.41) is 0. The van der Waals surface area contributed by atoms with E-state index < -0.39 is 0 Å². The van der Waals surface area contributed by atoms with Crippen molar-refractivity contribution >= 4 is 5.97 Å². The van der Waals surface area contributed by atoms with E-state index in [0.717, 1.165) is 12.8 Å². The molecule has 0 bridgehead atoms. The lowest BCUT2D eigenvalue weighted by molar-refractivity contribution is -0.152. The second-order valence-corrected chi connectivity index (χ2v) is 5.50. The Morgan fingerprint density at radius 1 is 1.21 bits per heavy atom. The Balaban J connectivity index is 2.27. The summed E-state index contributed by atoms with van der Waals surface area (Å²) in [6.07, 6.45) is 5.72. The molecular weight excluding hydrogens is 176 g/mol. The summed E-state index contributed by atoms with van der Waals surface area (Å²) < 4.78 is 5.31. The average molecular weight is 198 g/mol. The number of esters is 1. The van der Waals surface area contributed by atoms with Crippen LogP contribution in [-0.2, 0) is 9.53 Å². The molecule has 0 unspecified atom stereocenters. The highest BCUT2D eigenvalue weighted by atomic mass is 16.5. The minimum absolute atomic E-state index is 0.0274. The fraction of sp³-hybridized carbons (Fsp3) is 0.917. The summed E-state index contributed by atoms with van der Waals surface area (Å²) in [5.74, 6) is 0.214. The van der Waals surface area contributed by atoms with Crippen LogP contribution in [-0.4, -0.2) is 12.6 Å². The summed E-state index contributed by atoms with van der Waals surface area (Å²) in [4.78, 5) is 11.6. The first-order valence-electron chi connectivity index (χ1n) is 5.66. The zero-order valence-electron chi connectivity index (χ0n) is 9.64. The van der Waals surface area contributed by atoms with Crippen molar-refractivity contribution in [2.45, 2.75) is 52.9 Å². The van der Waals surface area contributed by atoms with Crippen molar-refractivity contribution in [3.63, 3.8) is 0 Å². The van der Waals surface area contributed by atoms with Gasteiger partial charge in [-0.15, -0.1) is 0 Å². The van der Waals surface area contributed by atoms with E-state index in [0.29, 0.717) is 6.61 Å². The molecule has 1 saturated carbocycles. The van der Waals surface area contributed by atoms with Crippen molar-refractivity contribution in [3.8, 4) is 0 Å². The molecule has 82 valence electrons. The molecule has 0 aromatic rings. The molecule has 0 atom stereocenters. The molecule has 0 amide bonds. The number of hydrogen-bond acceptors (Lipinski definition) is 2. The van der Waals surface area contributed by atoms with Gasteiger partial charge < -0.3 is 4.74 Å². The van der Waals surface area contributed by atoms with Crippen LogP contribution in [0.3, 0.4) is 0 Å². The highest BCUT2D eigenvalue weighted by Crippen LogP contribution is 2.25. The van der Waals surface area contributed by atoms with Crippen LogP contribution in [0.2, 0.25) is 0 Å². The molecule has 0 N–H and O–H groups in total. The summed E-state index contributed by atoms with van der Waals surface area (Å²) >= 11 is 0. The molecule has 1 aliphatic carbocycles. The van der Waals surface area contributed by atoms with E-state index in [1.165, 1.54) is 19.3 Å². The topological polar surface area (TPSA) is 26.3 Å². The second-order valence-electron chi connectivity index (χ2n) is 5.50. The molecule has 0 spiro atoms. The van der Waals surface area contributed by atoms with Gasteiger partial charge in [0.2, 0.25) is 0 Å². The molecule has 2 nitrogen and oxygen atoms in total. The third-order valence-corrected chi connectivity index (χ3v) is 2.59. The monoisotopic (exact) mass is 198 g/mol. The van der Waals surface area contributed by atoms with Crippen LogP contribution in [0.5, 0.6) is 0 Å². The summed E-state index contributed by atoms with van der Waals surface area (Å²) in [5.41, 5.74) is 0.0876. The van der Waals surface area contributed by atoms with Gasteiger partial charge in [0.25, 0.3) is 0 Å². The molecule has 0 aliphatic heterocycles. The normalized spacial score (nSPS) is 19.4. The summed E-state index contributed by atoms with van der Waals surface area (Å²) in [6, 6.07) is 0. The summed E-state index contributed by atoms with van der Waals surface area (Å²) in [7, 11) is 0. The number of rotatable bonds is 2. The zero-order chi connectivity index (χ0) is 10.6. The highest BCUT2D eigenvalue weighted by molar-refractivity contribution is 5.72. The molecule has 1 rings (SSSR count). The lowest BCUT2D eigenvalue weighted by Gasteiger charge is -2.23. The van der Waals surface area contributed by atoms with Gasteiger partial charge in [-0.25, -0.2) is 0 Å². The fourth-order valence-electron chi connectivity index (χ4n) is 1.74. The maximum atomic E-state index is 11.6. The molecule has 0 aromatic carbocycles. The standard InChI is InChI=1S/C12H22O2/c1-12(2,3)9-14-11(13)10-7-5-4-6-8-10/h10H,4-9H2,1-3H3. The maximum Gasteiger partial charge on any atom is 0.308 e. The van der Waals surface area contributed by atoms with Crippen LogP contribution < -0.4 is 0 Å². The Bertz CT molecular complexity index is 185. The molecule has 14 heavy (non-hydrogen) atoms. The second kappa shape index (κ2) is 4.81. The van der Waals surface area contributed by atoms with E-state index in [2.05, 4.69) is 20.8 Å². The van der Waals surface area contributed by atoms with Gasteiger partial charge in [-0.3, -0.25) is 4.79 Å². The highest BCUT2D eigenvalue weighted by Gasteiger charge is 2.23. The van der Waals surface area contributed by atoms with Crippen molar-refractivity contribution in [2.24, 2.45) is 11.3 Å². The van der Waals surface area contributed by atoms with Crippen LogP contribution >= 0.6 is 0 Å². The first-order chi connectivity index (χ1) is 6.49. The molecule has 1 aliphatic rings. The smallest absolute Gasteiger partial charge is 0.308 e. The average Bonchev–Trinajstić information content (AvgIpc) is 2.14. The Morgan fingerprint density at radius 3 is 2.29 bits per heavy atom. The maximum absolute atomic E-state index is 11.6. The van der Waals surface area contributed by atoms with Gasteiger partial charge in [0.05, 0.1) is 12.5 Å². The Hall–Kier alpha value is -0.530. The van der Waals surface area contributed by atoms with Gasteiger partial charge >= 0.3 is 5.97 Å². The molecule has 0 aromatic heterocycles. The van der Waals surface area contributed by atoms with Crippen LogP contribution in [0.15, 0.2) is 0 Å². The number of carbonyl (C=O) groups is 1. The van der Waals surface area contributed by atoms with E-state index >= 15 is 0 Å². The Kier molecular flexibility index (Phi) is 3.97. The zero-order valence-corrected chi connectivity index (χ0v) is 9.64. The minimum Gasteiger partial charge on any atom is -0.465 e. The molecule has 1 fully saturated rings. The van der Waals surface area contributed by atoms with Gasteiger partial charge in [0.1, 0.15) is 0 Å². The van der Waals surface area contributed by atoms with E-state index in [4.69, 9.17) is 4.74 Å². The molecule has 0 radical (unpaired) electrons. The SMILES string of the molecule is CC(C)(C)COC(=O)C1CCCCC1. The first kappa shape index (κ1) is 11.5. The Labute approximate surface area is 87.0 Å². The first-order valence-corrected chi connectivity index (χ1v) is 5.66. The third kappa shape index (κ3) is 4.12. The number of hydrogen-bond donors (Lipinski definition) is 0.